The highest BCUT2D eigenvalue weighted by molar-refractivity contribution is 7.98. The summed E-state index contributed by atoms with van der Waals surface area (Å²) in [5.41, 5.74) is 1.79. The lowest BCUT2D eigenvalue weighted by atomic mass is 10.3. The van der Waals surface area contributed by atoms with Gasteiger partial charge in [0.15, 0.2) is 11.0 Å². The zero-order valence-electron chi connectivity index (χ0n) is 12.1. The predicted molar refractivity (Wildman–Crippen MR) is 88.2 cm³/mol. The van der Waals surface area contributed by atoms with E-state index in [4.69, 9.17) is 4.52 Å². The van der Waals surface area contributed by atoms with Gasteiger partial charge in [0.05, 0.1) is 22.3 Å². The van der Waals surface area contributed by atoms with Crippen LogP contribution >= 0.6 is 23.1 Å². The number of fused-ring (bicyclic) bond motifs is 1. The zero-order valence-corrected chi connectivity index (χ0v) is 13.7. The number of imidazole rings is 1. The SMILES string of the molecule is FC(F)n1c(SCc2noc(-c3ccsc3)n2)nc2ccccc21. The van der Waals surface area contributed by atoms with Gasteiger partial charge >= 0.3 is 6.55 Å². The first-order valence-corrected chi connectivity index (χ1v) is 8.88. The Labute approximate surface area is 143 Å². The highest BCUT2D eigenvalue weighted by Gasteiger charge is 2.19. The molecular formula is C15H10F2N4OS2. The van der Waals surface area contributed by atoms with Crippen molar-refractivity contribution in [1.82, 2.24) is 19.7 Å². The third-order valence-electron chi connectivity index (χ3n) is 3.33. The molecule has 3 aromatic heterocycles. The van der Waals surface area contributed by atoms with Gasteiger partial charge in [-0.1, -0.05) is 29.1 Å². The van der Waals surface area contributed by atoms with E-state index in [9.17, 15) is 8.78 Å². The minimum atomic E-state index is -2.66. The van der Waals surface area contributed by atoms with Crippen LogP contribution in [0, 0.1) is 0 Å². The number of hydrogen-bond acceptors (Lipinski definition) is 6. The van der Waals surface area contributed by atoms with E-state index in [2.05, 4.69) is 15.1 Å². The normalized spacial score (nSPS) is 11.6. The molecule has 4 rings (SSSR count). The van der Waals surface area contributed by atoms with E-state index in [-0.39, 0.29) is 5.16 Å². The number of rotatable bonds is 5. The molecule has 0 fully saturated rings. The quantitative estimate of drug-likeness (QED) is 0.475. The summed E-state index contributed by atoms with van der Waals surface area (Å²) in [6.07, 6.45) is 0. The van der Waals surface area contributed by atoms with Crippen molar-refractivity contribution < 1.29 is 13.3 Å². The highest BCUT2D eigenvalue weighted by atomic mass is 32.2. The number of halogens is 2. The Morgan fingerprint density at radius 1 is 1.21 bits per heavy atom. The number of thiophene rings is 1. The van der Waals surface area contributed by atoms with Crippen LogP contribution in [-0.4, -0.2) is 19.7 Å². The van der Waals surface area contributed by atoms with Gasteiger partial charge in [0.25, 0.3) is 5.89 Å². The van der Waals surface area contributed by atoms with Gasteiger partial charge in [0.1, 0.15) is 0 Å². The maximum atomic E-state index is 13.4. The van der Waals surface area contributed by atoms with Crippen LogP contribution in [0.2, 0.25) is 0 Å². The van der Waals surface area contributed by atoms with Crippen molar-refractivity contribution in [3.05, 3.63) is 46.9 Å². The minimum Gasteiger partial charge on any atom is -0.334 e. The molecule has 1 aromatic carbocycles. The van der Waals surface area contributed by atoms with E-state index in [0.717, 1.165) is 21.9 Å². The third-order valence-corrected chi connectivity index (χ3v) is 4.96. The molecule has 0 saturated heterocycles. The van der Waals surface area contributed by atoms with Crippen molar-refractivity contribution in [2.24, 2.45) is 0 Å². The fourth-order valence-corrected chi connectivity index (χ4v) is 3.74. The first-order chi connectivity index (χ1) is 11.7. The molecule has 0 unspecified atom stereocenters. The first kappa shape index (κ1) is 15.3. The molecule has 9 heteroatoms. The number of hydrogen-bond donors (Lipinski definition) is 0. The maximum Gasteiger partial charge on any atom is 0.321 e. The molecule has 0 spiro atoms. The average Bonchev–Trinajstić information content (AvgIpc) is 3.30. The molecule has 0 amide bonds. The molecule has 5 nitrogen and oxygen atoms in total. The number of thioether (sulfide) groups is 1. The Morgan fingerprint density at radius 2 is 2.08 bits per heavy atom. The highest BCUT2D eigenvalue weighted by Crippen LogP contribution is 2.31. The lowest BCUT2D eigenvalue weighted by molar-refractivity contribution is 0.0656. The largest absolute Gasteiger partial charge is 0.334 e. The van der Waals surface area contributed by atoms with E-state index in [0.29, 0.717) is 28.5 Å². The van der Waals surface area contributed by atoms with Crippen molar-refractivity contribution >= 4 is 34.1 Å². The summed E-state index contributed by atoms with van der Waals surface area (Å²) in [5, 5.41) is 7.94. The molecule has 0 aliphatic rings. The van der Waals surface area contributed by atoms with Crippen LogP contribution in [0.15, 0.2) is 50.8 Å². The second-order valence-corrected chi connectivity index (χ2v) is 6.57. The van der Waals surface area contributed by atoms with Crippen LogP contribution in [0.3, 0.4) is 0 Å². The second-order valence-electron chi connectivity index (χ2n) is 4.85. The van der Waals surface area contributed by atoms with Crippen LogP contribution in [0.25, 0.3) is 22.5 Å². The van der Waals surface area contributed by atoms with Gasteiger partial charge in [-0.25, -0.2) is 4.98 Å². The van der Waals surface area contributed by atoms with E-state index < -0.39 is 6.55 Å². The standard InChI is InChI=1S/C15H10F2N4OS2/c16-14(17)21-11-4-2-1-3-10(11)18-15(21)24-8-12-19-13(22-20-12)9-5-6-23-7-9/h1-7,14H,8H2. The lowest BCUT2D eigenvalue weighted by Crippen LogP contribution is -2.00. The molecule has 0 radical (unpaired) electrons. The molecule has 0 aliphatic heterocycles. The van der Waals surface area contributed by atoms with Crippen molar-refractivity contribution in [2.45, 2.75) is 17.5 Å². The maximum absolute atomic E-state index is 13.4. The summed E-state index contributed by atoms with van der Waals surface area (Å²) in [6.45, 7) is -2.66. The van der Waals surface area contributed by atoms with E-state index in [1.165, 1.54) is 11.3 Å². The van der Waals surface area contributed by atoms with Gasteiger partial charge in [-0.15, -0.1) is 0 Å². The summed E-state index contributed by atoms with van der Waals surface area (Å²) < 4.78 is 32.8. The Bertz CT molecular complexity index is 965. The van der Waals surface area contributed by atoms with Gasteiger partial charge in [0, 0.05) is 5.38 Å². The van der Waals surface area contributed by atoms with E-state index >= 15 is 0 Å². The second kappa shape index (κ2) is 6.33. The summed E-state index contributed by atoms with van der Waals surface area (Å²) in [7, 11) is 0. The molecule has 0 saturated carbocycles. The van der Waals surface area contributed by atoms with Crippen LogP contribution in [0.1, 0.15) is 12.4 Å². The van der Waals surface area contributed by atoms with E-state index in [1.54, 1.807) is 24.3 Å². The van der Waals surface area contributed by atoms with Gasteiger partial charge < -0.3 is 4.52 Å². The molecular weight excluding hydrogens is 354 g/mol. The Morgan fingerprint density at radius 3 is 2.88 bits per heavy atom. The summed E-state index contributed by atoms with van der Waals surface area (Å²) >= 11 is 2.69. The van der Waals surface area contributed by atoms with Crippen LogP contribution in [0.5, 0.6) is 0 Å². The van der Waals surface area contributed by atoms with Gasteiger partial charge in [0.2, 0.25) is 0 Å². The summed E-state index contributed by atoms with van der Waals surface area (Å²) in [6, 6.07) is 8.70. The molecule has 0 atom stereocenters. The molecule has 4 aromatic rings. The topological polar surface area (TPSA) is 56.7 Å². The van der Waals surface area contributed by atoms with Crippen LogP contribution < -0.4 is 0 Å². The van der Waals surface area contributed by atoms with E-state index in [1.807, 2.05) is 16.8 Å². The number of aromatic nitrogens is 4. The van der Waals surface area contributed by atoms with Crippen LogP contribution in [-0.2, 0) is 5.75 Å². The summed E-state index contributed by atoms with van der Waals surface area (Å²) in [4.78, 5) is 8.55. The first-order valence-electron chi connectivity index (χ1n) is 6.95. The van der Waals surface area contributed by atoms with Gasteiger partial charge in [-0.05, 0) is 23.6 Å². The molecule has 3 heterocycles. The number of nitrogens with zero attached hydrogens (tertiary/aromatic N) is 4. The monoisotopic (exact) mass is 364 g/mol. The smallest absolute Gasteiger partial charge is 0.321 e. The molecule has 24 heavy (non-hydrogen) atoms. The number of alkyl halides is 2. The molecule has 0 bridgehead atoms. The van der Waals surface area contributed by atoms with Crippen LogP contribution in [0.4, 0.5) is 8.78 Å². The average molecular weight is 364 g/mol. The van der Waals surface area contributed by atoms with Crippen molar-refractivity contribution in [2.75, 3.05) is 0 Å². The predicted octanol–water partition coefficient (Wildman–Crippen LogP) is 4.84. The Kier molecular flexibility index (Phi) is 4.03. The molecule has 0 aliphatic carbocycles. The minimum absolute atomic E-state index is 0.230. The summed E-state index contributed by atoms with van der Waals surface area (Å²) in [5.74, 6) is 1.16. The van der Waals surface area contributed by atoms with Crippen molar-refractivity contribution in [3.63, 3.8) is 0 Å². The zero-order chi connectivity index (χ0) is 16.5. The molecule has 122 valence electrons. The lowest BCUT2D eigenvalue weighted by Gasteiger charge is -2.05. The Hall–Kier alpha value is -2.26. The number of para-hydroxylation sites is 2. The van der Waals surface area contributed by atoms with Crippen molar-refractivity contribution in [3.8, 4) is 11.5 Å². The number of benzene rings is 1. The van der Waals surface area contributed by atoms with Gasteiger partial charge in [-0.3, -0.25) is 4.57 Å². The third kappa shape index (κ3) is 2.80. The molecule has 0 N–H and O–H groups in total. The van der Waals surface area contributed by atoms with Crippen molar-refractivity contribution in [1.29, 1.82) is 0 Å². The Balaban J connectivity index is 1.58. The van der Waals surface area contributed by atoms with Gasteiger partial charge in [-0.2, -0.15) is 25.1 Å². The fourth-order valence-electron chi connectivity index (χ4n) is 2.26. The fraction of sp³-hybridized carbons (Fsp3) is 0.133.